The van der Waals surface area contributed by atoms with Crippen LogP contribution < -0.4 is 10.2 Å². The summed E-state index contributed by atoms with van der Waals surface area (Å²) in [5.41, 5.74) is 7.36. The molecule has 0 bridgehead atoms. The van der Waals surface area contributed by atoms with Gasteiger partial charge in [0.2, 0.25) is 0 Å². The van der Waals surface area contributed by atoms with Crippen LogP contribution in [0.5, 0.6) is 0 Å². The molecule has 2 aliphatic heterocycles. The number of anilines is 1. The van der Waals surface area contributed by atoms with Gasteiger partial charge in [-0.25, -0.2) is 0 Å². The highest BCUT2D eigenvalue weighted by Gasteiger charge is 2.23. The lowest BCUT2D eigenvalue weighted by Gasteiger charge is -2.36. The molecule has 0 amide bonds. The van der Waals surface area contributed by atoms with Crippen LogP contribution in [-0.2, 0) is 6.42 Å². The maximum Gasteiger partial charge on any atom is 0.162 e. The minimum Gasteiger partial charge on any atom is -0.371 e. The largest absolute Gasteiger partial charge is 0.371 e. The molecule has 0 spiro atoms. The van der Waals surface area contributed by atoms with E-state index in [1.165, 1.54) is 79.7 Å². The number of carbonyl (C=O) groups excluding carboxylic acids is 1. The van der Waals surface area contributed by atoms with Crippen molar-refractivity contribution in [2.75, 3.05) is 37.6 Å². The van der Waals surface area contributed by atoms with E-state index in [0.717, 1.165) is 31.0 Å². The first kappa shape index (κ1) is 26.2. The summed E-state index contributed by atoms with van der Waals surface area (Å²) in [5.74, 6) is 1.12. The number of likely N-dealkylation sites (tertiary alicyclic amines) is 1. The van der Waals surface area contributed by atoms with Gasteiger partial charge in [-0.3, -0.25) is 4.79 Å². The van der Waals surface area contributed by atoms with Crippen LogP contribution in [0.1, 0.15) is 86.3 Å². The number of fused-ring (bicyclic) bond motifs is 1. The van der Waals surface area contributed by atoms with E-state index in [9.17, 15) is 4.79 Å². The molecule has 4 heteroatoms. The molecule has 2 aromatic carbocycles. The fourth-order valence-electron chi connectivity index (χ4n) is 6.39. The highest BCUT2D eigenvalue weighted by Crippen LogP contribution is 2.34. The number of nitrogens with zero attached hydrogens (tertiary/aromatic N) is 2. The van der Waals surface area contributed by atoms with Gasteiger partial charge < -0.3 is 15.1 Å². The van der Waals surface area contributed by atoms with Crippen molar-refractivity contribution < 1.29 is 4.79 Å². The Morgan fingerprint density at radius 1 is 1.00 bits per heavy atom. The minimum absolute atomic E-state index is 0.219. The third-order valence-corrected chi connectivity index (χ3v) is 8.94. The van der Waals surface area contributed by atoms with E-state index in [-0.39, 0.29) is 5.78 Å². The molecule has 0 aromatic heterocycles. The molecule has 1 N–H and O–H groups in total. The third-order valence-electron chi connectivity index (χ3n) is 8.94. The van der Waals surface area contributed by atoms with Crippen molar-refractivity contribution in [3.05, 3.63) is 64.7 Å². The standard InChI is InChI=1S/C33H45N3O/c1-4-33(37)28-9-8-27-20-29(22-30(27)21-28)26-6-5-7-32(23-26)36-18-13-31(14-19-36)34-15-10-25-11-16-35(17-12-25)24(2)3/h5-9,21-25,31,34H,4,10-20H2,1-3H3. The number of allylic oxidation sites excluding steroid dienone is 1. The van der Waals surface area contributed by atoms with Crippen LogP contribution in [0, 0.1) is 5.92 Å². The number of benzene rings is 2. The minimum atomic E-state index is 0.219. The van der Waals surface area contributed by atoms with Crippen LogP contribution in [0.2, 0.25) is 0 Å². The maximum absolute atomic E-state index is 12.1. The van der Waals surface area contributed by atoms with Gasteiger partial charge in [-0.05, 0) is 118 Å². The molecule has 5 rings (SSSR count). The van der Waals surface area contributed by atoms with Gasteiger partial charge in [0.25, 0.3) is 0 Å². The molecule has 3 aliphatic rings. The predicted octanol–water partition coefficient (Wildman–Crippen LogP) is 6.44. The number of nitrogens with one attached hydrogen (secondary N) is 1. The highest BCUT2D eigenvalue weighted by atomic mass is 16.1. The second-order valence-corrected chi connectivity index (χ2v) is 11.7. The molecule has 2 saturated heterocycles. The van der Waals surface area contributed by atoms with Gasteiger partial charge in [0.1, 0.15) is 0 Å². The Labute approximate surface area is 224 Å². The lowest BCUT2D eigenvalue weighted by atomic mass is 9.92. The first-order chi connectivity index (χ1) is 18.0. The summed E-state index contributed by atoms with van der Waals surface area (Å²) in [7, 11) is 0. The quantitative estimate of drug-likeness (QED) is 0.403. The van der Waals surface area contributed by atoms with Gasteiger partial charge in [0.15, 0.2) is 5.78 Å². The average Bonchev–Trinajstić information content (AvgIpc) is 3.37. The fourth-order valence-corrected chi connectivity index (χ4v) is 6.39. The van der Waals surface area contributed by atoms with E-state index in [4.69, 9.17) is 0 Å². The molecule has 0 unspecified atom stereocenters. The molecular weight excluding hydrogens is 454 g/mol. The monoisotopic (exact) mass is 499 g/mol. The molecule has 2 aromatic rings. The van der Waals surface area contributed by atoms with Crippen molar-refractivity contribution in [1.29, 1.82) is 0 Å². The Kier molecular flexibility index (Phi) is 8.46. The molecule has 198 valence electrons. The summed E-state index contributed by atoms with van der Waals surface area (Å²) in [4.78, 5) is 17.3. The van der Waals surface area contributed by atoms with Gasteiger partial charge in [-0.1, -0.05) is 37.3 Å². The fraction of sp³-hybridized carbons (Fsp3) is 0.545. The molecule has 0 atom stereocenters. The topological polar surface area (TPSA) is 35.6 Å². The summed E-state index contributed by atoms with van der Waals surface area (Å²) in [6.45, 7) is 12.5. The normalized spacial score (nSPS) is 19.4. The number of carbonyl (C=O) groups is 1. The second-order valence-electron chi connectivity index (χ2n) is 11.7. The van der Waals surface area contributed by atoms with E-state index in [0.29, 0.717) is 18.5 Å². The Hall–Kier alpha value is -2.43. The van der Waals surface area contributed by atoms with E-state index in [1.54, 1.807) is 0 Å². The Bertz CT molecular complexity index is 1100. The van der Waals surface area contributed by atoms with Gasteiger partial charge >= 0.3 is 0 Å². The zero-order chi connectivity index (χ0) is 25.8. The van der Waals surface area contributed by atoms with Crippen molar-refractivity contribution in [3.8, 4) is 0 Å². The van der Waals surface area contributed by atoms with E-state index < -0.39 is 0 Å². The SMILES string of the molecule is CCC(=O)c1ccc2c(c1)C=C(c1cccc(N3CCC(NCCC4CCN(C(C)C)CC4)CC3)c1)C2. The lowest BCUT2D eigenvalue weighted by molar-refractivity contribution is 0.0988. The van der Waals surface area contributed by atoms with Gasteiger partial charge in [-0.15, -0.1) is 0 Å². The lowest BCUT2D eigenvalue weighted by Crippen LogP contribution is -2.43. The second kappa shape index (κ2) is 12.0. The number of Topliss-reactive ketones (excluding diaryl/α,β-unsaturated/α-hetero) is 1. The van der Waals surface area contributed by atoms with Crippen molar-refractivity contribution in [3.63, 3.8) is 0 Å². The molecule has 2 fully saturated rings. The van der Waals surface area contributed by atoms with Crippen molar-refractivity contribution >= 4 is 23.1 Å². The molecule has 2 heterocycles. The number of ketones is 1. The number of piperidine rings is 2. The first-order valence-electron chi connectivity index (χ1n) is 14.7. The molecule has 37 heavy (non-hydrogen) atoms. The molecular formula is C33H45N3O. The van der Waals surface area contributed by atoms with Crippen molar-refractivity contribution in [2.45, 2.75) is 77.8 Å². The number of hydrogen-bond acceptors (Lipinski definition) is 4. The van der Waals surface area contributed by atoms with Gasteiger partial charge in [0, 0.05) is 42.8 Å². The van der Waals surface area contributed by atoms with Crippen LogP contribution in [-0.4, -0.2) is 55.5 Å². The Morgan fingerprint density at radius 2 is 1.78 bits per heavy atom. The first-order valence-corrected chi connectivity index (χ1v) is 14.7. The van der Waals surface area contributed by atoms with E-state index >= 15 is 0 Å². The zero-order valence-corrected chi connectivity index (χ0v) is 23.1. The molecule has 0 radical (unpaired) electrons. The van der Waals surface area contributed by atoms with Crippen LogP contribution in [0.4, 0.5) is 5.69 Å². The van der Waals surface area contributed by atoms with Crippen molar-refractivity contribution in [2.24, 2.45) is 5.92 Å². The van der Waals surface area contributed by atoms with Crippen LogP contribution in [0.3, 0.4) is 0 Å². The number of hydrogen-bond donors (Lipinski definition) is 1. The summed E-state index contributed by atoms with van der Waals surface area (Å²) in [6, 6.07) is 16.6. The van der Waals surface area contributed by atoms with Crippen molar-refractivity contribution in [1.82, 2.24) is 10.2 Å². The smallest absolute Gasteiger partial charge is 0.162 e. The predicted molar refractivity (Wildman–Crippen MR) is 156 cm³/mol. The maximum atomic E-state index is 12.1. The van der Waals surface area contributed by atoms with E-state index in [1.807, 2.05) is 13.0 Å². The molecule has 4 nitrogen and oxygen atoms in total. The molecule has 1 aliphatic carbocycles. The van der Waals surface area contributed by atoms with Crippen LogP contribution >= 0.6 is 0 Å². The number of rotatable bonds is 9. The summed E-state index contributed by atoms with van der Waals surface area (Å²) in [5, 5.41) is 3.88. The van der Waals surface area contributed by atoms with Crippen LogP contribution in [0.15, 0.2) is 42.5 Å². The summed E-state index contributed by atoms with van der Waals surface area (Å²) < 4.78 is 0. The van der Waals surface area contributed by atoms with E-state index in [2.05, 4.69) is 71.4 Å². The highest BCUT2D eigenvalue weighted by molar-refractivity contribution is 5.98. The van der Waals surface area contributed by atoms with Gasteiger partial charge in [0.05, 0.1) is 0 Å². The summed E-state index contributed by atoms with van der Waals surface area (Å²) in [6.07, 6.45) is 10.3. The third kappa shape index (κ3) is 6.35. The average molecular weight is 500 g/mol. The zero-order valence-electron chi connectivity index (χ0n) is 23.1. The van der Waals surface area contributed by atoms with Crippen LogP contribution in [0.25, 0.3) is 11.6 Å². The summed E-state index contributed by atoms with van der Waals surface area (Å²) >= 11 is 0. The van der Waals surface area contributed by atoms with Gasteiger partial charge in [-0.2, -0.15) is 0 Å². The Morgan fingerprint density at radius 3 is 2.51 bits per heavy atom. The molecule has 0 saturated carbocycles. The Balaban J connectivity index is 1.10.